The number of aliphatic hydroxyl groups is 7. The standard InChI is InChI=1S/C21H37NO12/c1-2-13(24)22-7-5-3-4-6-8-31-10-12-15(26)17(28)19(30)21(33-12)34-20-18(29)16(27)14(25)11(9-23)32-20/h2,11-12,14-21,23,25-30H,1,3-10H2,(H,22,24)/t11-,12-,14+,15-,16+,17+,18-,19-,20-,21-/m1/s1. The van der Waals surface area contributed by atoms with Gasteiger partial charge in [-0.3, -0.25) is 4.79 Å². The van der Waals surface area contributed by atoms with Crippen molar-refractivity contribution in [2.45, 2.75) is 87.1 Å². The second-order valence-electron chi connectivity index (χ2n) is 8.33. The van der Waals surface area contributed by atoms with Crippen LogP contribution in [-0.2, 0) is 23.7 Å². The van der Waals surface area contributed by atoms with Crippen LogP contribution in [0.2, 0.25) is 0 Å². The fourth-order valence-electron chi connectivity index (χ4n) is 3.64. The van der Waals surface area contributed by atoms with Gasteiger partial charge in [-0.1, -0.05) is 19.4 Å². The van der Waals surface area contributed by atoms with Crippen molar-refractivity contribution in [1.82, 2.24) is 5.32 Å². The number of hydrogen-bond donors (Lipinski definition) is 8. The van der Waals surface area contributed by atoms with Crippen LogP contribution >= 0.6 is 0 Å². The predicted octanol–water partition coefficient (Wildman–Crippen LogP) is -3.51. The Balaban J connectivity index is 1.76. The van der Waals surface area contributed by atoms with E-state index < -0.39 is 68.0 Å². The van der Waals surface area contributed by atoms with E-state index in [0.717, 1.165) is 19.3 Å². The van der Waals surface area contributed by atoms with Crippen LogP contribution in [0.3, 0.4) is 0 Å². The minimum atomic E-state index is -1.72. The molecule has 2 aliphatic heterocycles. The van der Waals surface area contributed by atoms with Crippen molar-refractivity contribution in [2.75, 3.05) is 26.4 Å². The third-order valence-electron chi connectivity index (χ3n) is 5.77. The van der Waals surface area contributed by atoms with Crippen LogP contribution in [0.1, 0.15) is 25.7 Å². The molecule has 0 aromatic rings. The Labute approximate surface area is 197 Å². The first-order valence-corrected chi connectivity index (χ1v) is 11.3. The molecule has 2 fully saturated rings. The molecule has 1 amide bonds. The zero-order valence-electron chi connectivity index (χ0n) is 18.9. The molecule has 0 aromatic carbocycles. The number of amides is 1. The van der Waals surface area contributed by atoms with E-state index in [0.29, 0.717) is 19.6 Å². The molecule has 8 N–H and O–H groups in total. The Hall–Kier alpha value is -1.23. The number of carbonyl (C=O) groups excluding carboxylic acids is 1. The van der Waals surface area contributed by atoms with Crippen molar-refractivity contribution in [2.24, 2.45) is 0 Å². The summed E-state index contributed by atoms with van der Waals surface area (Å²) < 4.78 is 21.6. The quantitative estimate of drug-likeness (QED) is 0.0924. The minimum Gasteiger partial charge on any atom is -0.394 e. The van der Waals surface area contributed by atoms with E-state index in [1.807, 2.05) is 0 Å². The Morgan fingerprint density at radius 3 is 1.97 bits per heavy atom. The van der Waals surface area contributed by atoms with E-state index in [2.05, 4.69) is 11.9 Å². The van der Waals surface area contributed by atoms with Crippen LogP contribution in [0.5, 0.6) is 0 Å². The molecule has 0 radical (unpaired) electrons. The van der Waals surface area contributed by atoms with Crippen molar-refractivity contribution in [3.63, 3.8) is 0 Å². The molecule has 0 spiro atoms. The minimum absolute atomic E-state index is 0.116. The van der Waals surface area contributed by atoms with Gasteiger partial charge < -0.3 is 60.0 Å². The van der Waals surface area contributed by atoms with Crippen molar-refractivity contribution >= 4 is 5.91 Å². The predicted molar refractivity (Wildman–Crippen MR) is 114 cm³/mol. The summed E-state index contributed by atoms with van der Waals surface area (Å²) in [5.41, 5.74) is 0. The fraction of sp³-hybridized carbons (Fsp3) is 0.857. The molecule has 198 valence electrons. The van der Waals surface area contributed by atoms with Crippen molar-refractivity contribution in [1.29, 1.82) is 0 Å². The van der Waals surface area contributed by atoms with Crippen LogP contribution in [0, 0.1) is 0 Å². The first-order valence-electron chi connectivity index (χ1n) is 11.3. The molecule has 10 atom stereocenters. The van der Waals surface area contributed by atoms with Crippen molar-refractivity contribution < 1.29 is 59.5 Å². The van der Waals surface area contributed by atoms with E-state index in [9.17, 15) is 40.5 Å². The Kier molecular flexibility index (Phi) is 12.2. The lowest BCUT2D eigenvalue weighted by Gasteiger charge is -2.44. The smallest absolute Gasteiger partial charge is 0.243 e. The second-order valence-corrected chi connectivity index (χ2v) is 8.33. The summed E-state index contributed by atoms with van der Waals surface area (Å²) in [6, 6.07) is 0. The lowest BCUT2D eigenvalue weighted by molar-refractivity contribution is -0.377. The molecular formula is C21H37NO12. The molecule has 0 bridgehead atoms. The zero-order valence-corrected chi connectivity index (χ0v) is 18.9. The van der Waals surface area contributed by atoms with E-state index in [1.165, 1.54) is 6.08 Å². The Morgan fingerprint density at radius 2 is 1.38 bits per heavy atom. The molecule has 0 unspecified atom stereocenters. The Bertz CT molecular complexity index is 623. The summed E-state index contributed by atoms with van der Waals surface area (Å²) in [6.07, 6.45) is -10.8. The van der Waals surface area contributed by atoms with Crippen LogP contribution in [0.4, 0.5) is 0 Å². The van der Waals surface area contributed by atoms with Crippen molar-refractivity contribution in [3.8, 4) is 0 Å². The van der Waals surface area contributed by atoms with Crippen LogP contribution in [0.15, 0.2) is 12.7 Å². The van der Waals surface area contributed by atoms with Gasteiger partial charge in [0.2, 0.25) is 5.91 Å². The summed E-state index contributed by atoms with van der Waals surface area (Å²) in [4.78, 5) is 11.0. The van der Waals surface area contributed by atoms with Gasteiger partial charge in [0.15, 0.2) is 12.6 Å². The first kappa shape index (κ1) is 29.0. The zero-order chi connectivity index (χ0) is 25.3. The van der Waals surface area contributed by atoms with Gasteiger partial charge in [0.25, 0.3) is 0 Å². The van der Waals surface area contributed by atoms with Gasteiger partial charge in [0.1, 0.15) is 48.8 Å². The number of nitrogens with one attached hydrogen (secondary N) is 1. The highest BCUT2D eigenvalue weighted by atomic mass is 16.8. The first-order chi connectivity index (χ1) is 16.2. The lowest BCUT2D eigenvalue weighted by Crippen LogP contribution is -2.63. The van der Waals surface area contributed by atoms with E-state index in [-0.39, 0.29) is 12.5 Å². The van der Waals surface area contributed by atoms with Gasteiger partial charge in [-0.05, 0) is 18.9 Å². The van der Waals surface area contributed by atoms with Crippen LogP contribution < -0.4 is 5.32 Å². The molecule has 0 aliphatic carbocycles. The number of aliphatic hydroxyl groups excluding tert-OH is 7. The normalized spacial score (nSPS) is 38.4. The summed E-state index contributed by atoms with van der Waals surface area (Å²) in [7, 11) is 0. The van der Waals surface area contributed by atoms with Gasteiger partial charge in [-0.25, -0.2) is 0 Å². The summed E-state index contributed by atoms with van der Waals surface area (Å²) in [6.45, 7) is 3.50. The van der Waals surface area contributed by atoms with Gasteiger partial charge in [-0.15, -0.1) is 0 Å². The van der Waals surface area contributed by atoms with Gasteiger partial charge in [0, 0.05) is 13.2 Å². The van der Waals surface area contributed by atoms with Crippen LogP contribution in [-0.4, -0.2) is 129 Å². The van der Waals surface area contributed by atoms with E-state index in [1.54, 1.807) is 0 Å². The highest BCUT2D eigenvalue weighted by molar-refractivity contribution is 5.86. The number of ether oxygens (including phenoxy) is 4. The lowest BCUT2D eigenvalue weighted by atomic mass is 9.98. The largest absolute Gasteiger partial charge is 0.394 e. The molecular weight excluding hydrogens is 458 g/mol. The third kappa shape index (κ3) is 7.90. The maximum atomic E-state index is 11.0. The molecule has 13 nitrogen and oxygen atoms in total. The van der Waals surface area contributed by atoms with E-state index in [4.69, 9.17) is 18.9 Å². The molecule has 2 saturated heterocycles. The molecule has 34 heavy (non-hydrogen) atoms. The number of hydrogen-bond acceptors (Lipinski definition) is 12. The topological polar surface area (TPSA) is 208 Å². The fourth-order valence-corrected chi connectivity index (χ4v) is 3.64. The maximum absolute atomic E-state index is 11.0. The average Bonchev–Trinajstić information content (AvgIpc) is 2.83. The number of rotatable bonds is 13. The number of carbonyl (C=O) groups is 1. The molecule has 13 heteroatoms. The van der Waals surface area contributed by atoms with Gasteiger partial charge >= 0.3 is 0 Å². The average molecular weight is 496 g/mol. The third-order valence-corrected chi connectivity index (χ3v) is 5.77. The number of unbranched alkanes of at least 4 members (excludes halogenated alkanes) is 3. The van der Waals surface area contributed by atoms with Gasteiger partial charge in [-0.2, -0.15) is 0 Å². The molecule has 0 saturated carbocycles. The highest BCUT2D eigenvalue weighted by Gasteiger charge is 2.49. The van der Waals surface area contributed by atoms with Crippen molar-refractivity contribution in [3.05, 3.63) is 12.7 Å². The molecule has 0 aromatic heterocycles. The summed E-state index contributed by atoms with van der Waals surface area (Å²) in [5, 5.41) is 72.4. The highest BCUT2D eigenvalue weighted by Crippen LogP contribution is 2.28. The molecule has 2 rings (SSSR count). The molecule has 2 aliphatic rings. The summed E-state index contributed by atoms with van der Waals surface area (Å²) in [5.74, 6) is -0.212. The summed E-state index contributed by atoms with van der Waals surface area (Å²) >= 11 is 0. The van der Waals surface area contributed by atoms with Crippen LogP contribution in [0.25, 0.3) is 0 Å². The van der Waals surface area contributed by atoms with E-state index >= 15 is 0 Å². The van der Waals surface area contributed by atoms with Gasteiger partial charge in [0.05, 0.1) is 13.2 Å². The molecule has 2 heterocycles. The maximum Gasteiger partial charge on any atom is 0.243 e. The Morgan fingerprint density at radius 1 is 0.824 bits per heavy atom. The second kappa shape index (κ2) is 14.4. The SMILES string of the molecule is C=CC(=O)NCCCCCCOC[C@H]1O[C@H](O[C@H]2O[C@H](CO)[C@H](O)[C@H](O)[C@H]2O)[C@H](O)[C@@H](O)[C@@H]1O. The monoisotopic (exact) mass is 495 g/mol.